The molecule has 0 bridgehead atoms. The van der Waals surface area contributed by atoms with Crippen LogP contribution in [0.15, 0.2) is 47.4 Å². The van der Waals surface area contributed by atoms with Crippen LogP contribution in [-0.2, 0) is 0 Å². The van der Waals surface area contributed by atoms with Crippen LogP contribution >= 0.6 is 0 Å². The van der Waals surface area contributed by atoms with Crippen molar-refractivity contribution in [3.8, 4) is 22.5 Å². The van der Waals surface area contributed by atoms with Crippen LogP contribution in [0.25, 0.3) is 22.5 Å². The number of aromatic nitrogens is 3. The molecule has 0 aliphatic rings. The number of hydrogen-bond donors (Lipinski definition) is 1. The molecule has 5 nitrogen and oxygen atoms in total. The van der Waals surface area contributed by atoms with E-state index in [-0.39, 0.29) is 5.88 Å². The van der Waals surface area contributed by atoms with Gasteiger partial charge in [0.1, 0.15) is 12.0 Å². The van der Waals surface area contributed by atoms with Gasteiger partial charge in [-0.15, -0.1) is 0 Å². The van der Waals surface area contributed by atoms with Crippen molar-refractivity contribution < 1.29 is 4.52 Å². The molecule has 0 spiro atoms. The van der Waals surface area contributed by atoms with E-state index in [0.29, 0.717) is 17.0 Å². The van der Waals surface area contributed by atoms with Crippen LogP contribution in [0, 0.1) is 6.92 Å². The molecule has 0 aliphatic heterocycles. The van der Waals surface area contributed by atoms with Crippen molar-refractivity contribution >= 4 is 5.88 Å². The summed E-state index contributed by atoms with van der Waals surface area (Å²) in [7, 11) is 0. The van der Waals surface area contributed by atoms with Gasteiger partial charge in [-0.3, -0.25) is 0 Å². The number of nitrogen functional groups attached to an aromatic ring is 1. The Balaban J connectivity index is 2.23. The third-order valence-electron chi connectivity index (χ3n) is 2.96. The second-order valence-corrected chi connectivity index (χ2v) is 4.18. The lowest BCUT2D eigenvalue weighted by Gasteiger charge is -2.04. The number of aryl methyl sites for hydroxylation is 1. The topological polar surface area (TPSA) is 77.8 Å². The summed E-state index contributed by atoms with van der Waals surface area (Å²) in [4.78, 5) is 8.11. The minimum absolute atomic E-state index is 0.261. The molecule has 3 aromatic rings. The first-order valence-electron chi connectivity index (χ1n) is 5.85. The second-order valence-electron chi connectivity index (χ2n) is 4.18. The van der Waals surface area contributed by atoms with E-state index in [1.165, 1.54) is 6.33 Å². The molecule has 5 heteroatoms. The fourth-order valence-corrected chi connectivity index (χ4v) is 2.01. The van der Waals surface area contributed by atoms with E-state index in [9.17, 15) is 0 Å². The van der Waals surface area contributed by atoms with Crippen LogP contribution in [-0.4, -0.2) is 15.1 Å². The van der Waals surface area contributed by atoms with Gasteiger partial charge in [0.2, 0.25) is 5.88 Å². The molecular weight excluding hydrogens is 240 g/mol. The van der Waals surface area contributed by atoms with Gasteiger partial charge < -0.3 is 10.3 Å². The predicted molar refractivity (Wildman–Crippen MR) is 72.1 cm³/mol. The highest BCUT2D eigenvalue weighted by Gasteiger charge is 2.19. The highest BCUT2D eigenvalue weighted by Crippen LogP contribution is 2.35. The Bertz CT molecular complexity index is 706. The maximum absolute atomic E-state index is 5.87. The molecule has 0 fully saturated rings. The third kappa shape index (κ3) is 1.95. The molecule has 2 aromatic heterocycles. The predicted octanol–water partition coefficient (Wildman–Crippen LogP) is 2.69. The molecule has 0 unspecified atom stereocenters. The number of hydrogen-bond acceptors (Lipinski definition) is 5. The Morgan fingerprint density at radius 1 is 1.16 bits per heavy atom. The van der Waals surface area contributed by atoms with Gasteiger partial charge >= 0.3 is 0 Å². The lowest BCUT2D eigenvalue weighted by molar-refractivity contribution is 0.439. The van der Waals surface area contributed by atoms with Crippen molar-refractivity contribution in [3.63, 3.8) is 0 Å². The summed E-state index contributed by atoms with van der Waals surface area (Å²) < 4.78 is 5.13. The lowest BCUT2D eigenvalue weighted by Crippen LogP contribution is -1.91. The van der Waals surface area contributed by atoms with Crippen LogP contribution in [0.2, 0.25) is 0 Å². The van der Waals surface area contributed by atoms with Gasteiger partial charge in [-0.1, -0.05) is 29.4 Å². The van der Waals surface area contributed by atoms with Crippen LogP contribution in [0.4, 0.5) is 5.88 Å². The molecular formula is C14H12N4O. The van der Waals surface area contributed by atoms with E-state index in [4.69, 9.17) is 10.3 Å². The van der Waals surface area contributed by atoms with Gasteiger partial charge in [-0.05, 0) is 18.6 Å². The van der Waals surface area contributed by atoms with E-state index in [1.807, 2.05) is 31.2 Å². The number of anilines is 1. The Hall–Kier alpha value is -2.69. The van der Waals surface area contributed by atoms with Gasteiger partial charge in [0.05, 0.1) is 11.3 Å². The van der Waals surface area contributed by atoms with E-state index in [0.717, 1.165) is 11.1 Å². The minimum atomic E-state index is 0.261. The molecule has 0 aliphatic carbocycles. The molecule has 3 rings (SSSR count). The molecule has 0 radical (unpaired) electrons. The van der Waals surface area contributed by atoms with Crippen molar-refractivity contribution in [2.75, 3.05) is 5.73 Å². The molecule has 0 saturated heterocycles. The fraction of sp³-hybridized carbons (Fsp3) is 0.0714. The van der Waals surface area contributed by atoms with Crippen molar-refractivity contribution in [1.29, 1.82) is 0 Å². The fourth-order valence-electron chi connectivity index (χ4n) is 2.01. The quantitative estimate of drug-likeness (QED) is 0.758. The Morgan fingerprint density at radius 3 is 2.74 bits per heavy atom. The molecule has 0 atom stereocenters. The molecule has 19 heavy (non-hydrogen) atoms. The number of nitrogens with two attached hydrogens (primary N) is 1. The van der Waals surface area contributed by atoms with Crippen molar-refractivity contribution in [1.82, 2.24) is 15.1 Å². The number of nitrogens with zero attached hydrogens (tertiary/aromatic N) is 3. The molecule has 2 heterocycles. The summed E-state index contributed by atoms with van der Waals surface area (Å²) in [5.74, 6) is 0.261. The third-order valence-corrected chi connectivity index (χ3v) is 2.96. The average molecular weight is 252 g/mol. The largest absolute Gasteiger partial charge is 0.367 e. The monoisotopic (exact) mass is 252 g/mol. The highest BCUT2D eigenvalue weighted by atomic mass is 16.5. The number of rotatable bonds is 2. The van der Waals surface area contributed by atoms with Crippen LogP contribution < -0.4 is 5.73 Å². The van der Waals surface area contributed by atoms with Crippen LogP contribution in [0.3, 0.4) is 0 Å². The maximum atomic E-state index is 5.87. The first-order chi connectivity index (χ1) is 9.27. The molecule has 1 aromatic carbocycles. The van der Waals surface area contributed by atoms with E-state index in [2.05, 4.69) is 15.1 Å². The summed E-state index contributed by atoms with van der Waals surface area (Å²) >= 11 is 0. The van der Waals surface area contributed by atoms with Crippen LogP contribution in [0.1, 0.15) is 5.56 Å². The van der Waals surface area contributed by atoms with Gasteiger partial charge in [0, 0.05) is 11.8 Å². The SMILES string of the molecule is Cc1ccccc1-c1noc(N)c1-c1ccncn1. The van der Waals surface area contributed by atoms with Gasteiger partial charge in [-0.2, -0.15) is 0 Å². The minimum Gasteiger partial charge on any atom is -0.367 e. The first kappa shape index (κ1) is 11.4. The summed E-state index contributed by atoms with van der Waals surface area (Å²) in [6, 6.07) is 9.72. The van der Waals surface area contributed by atoms with Crippen molar-refractivity contribution in [2.24, 2.45) is 0 Å². The lowest BCUT2D eigenvalue weighted by atomic mass is 10.0. The smallest absolute Gasteiger partial charge is 0.232 e. The van der Waals surface area contributed by atoms with Crippen LogP contribution in [0.5, 0.6) is 0 Å². The normalized spacial score (nSPS) is 10.6. The summed E-state index contributed by atoms with van der Waals surface area (Å²) in [6.45, 7) is 2.02. The van der Waals surface area contributed by atoms with Crippen molar-refractivity contribution in [3.05, 3.63) is 48.4 Å². The van der Waals surface area contributed by atoms with Gasteiger partial charge in [0.15, 0.2) is 0 Å². The summed E-state index contributed by atoms with van der Waals surface area (Å²) in [6.07, 6.45) is 3.14. The highest BCUT2D eigenvalue weighted by molar-refractivity contribution is 5.86. The first-order valence-corrected chi connectivity index (χ1v) is 5.85. The molecule has 94 valence electrons. The Labute approximate surface area is 110 Å². The standard InChI is InChI=1S/C14H12N4O/c1-9-4-2-3-5-10(9)13-12(14(15)19-18-13)11-6-7-16-8-17-11/h2-8H,15H2,1H3. The van der Waals surface area contributed by atoms with Gasteiger partial charge in [-0.25, -0.2) is 9.97 Å². The zero-order valence-corrected chi connectivity index (χ0v) is 10.4. The Kier molecular flexibility index (Phi) is 2.72. The maximum Gasteiger partial charge on any atom is 0.232 e. The average Bonchev–Trinajstić information content (AvgIpc) is 2.82. The zero-order valence-electron chi connectivity index (χ0n) is 10.4. The van der Waals surface area contributed by atoms with Crippen molar-refractivity contribution in [2.45, 2.75) is 6.92 Å². The van der Waals surface area contributed by atoms with E-state index in [1.54, 1.807) is 12.3 Å². The van der Waals surface area contributed by atoms with E-state index >= 15 is 0 Å². The Morgan fingerprint density at radius 2 is 2.00 bits per heavy atom. The molecule has 2 N–H and O–H groups in total. The van der Waals surface area contributed by atoms with Gasteiger partial charge in [0.25, 0.3) is 0 Å². The summed E-state index contributed by atoms with van der Waals surface area (Å²) in [5, 5.41) is 4.06. The molecule has 0 saturated carbocycles. The second kappa shape index (κ2) is 4.53. The molecule has 0 amide bonds. The van der Waals surface area contributed by atoms with E-state index < -0.39 is 0 Å². The zero-order chi connectivity index (χ0) is 13.2. The number of benzene rings is 1. The summed E-state index contributed by atoms with van der Waals surface area (Å²) in [5.41, 5.74) is 10.1.